The predicted octanol–water partition coefficient (Wildman–Crippen LogP) is 4.05. The van der Waals surface area contributed by atoms with E-state index in [4.69, 9.17) is 0 Å². The number of hydrogen-bond donors (Lipinski definition) is 1. The molecule has 108 valence electrons. The number of azo groups is 1. The molecule has 0 saturated heterocycles. The van der Waals surface area contributed by atoms with Gasteiger partial charge in [0, 0.05) is 6.92 Å². The molecule has 0 aromatic heterocycles. The number of halogens is 3. The highest BCUT2D eigenvalue weighted by molar-refractivity contribution is 5.93. The zero-order valence-corrected chi connectivity index (χ0v) is 10.6. The van der Waals surface area contributed by atoms with Crippen LogP contribution in [0, 0.1) is 0 Å². The van der Waals surface area contributed by atoms with E-state index in [1.807, 2.05) is 0 Å². The van der Waals surface area contributed by atoms with Crippen LogP contribution in [0.15, 0.2) is 46.0 Å². The Labute approximate surface area is 112 Å². The molecule has 1 rings (SSSR count). The molecule has 0 radical (unpaired) electrons. The van der Waals surface area contributed by atoms with E-state index in [1.165, 1.54) is 25.1 Å². The molecule has 0 spiro atoms. The van der Waals surface area contributed by atoms with Crippen LogP contribution in [0.3, 0.4) is 0 Å². The zero-order chi connectivity index (χ0) is 15.3. The summed E-state index contributed by atoms with van der Waals surface area (Å²) in [6.45, 7) is 2.36. The SMILES string of the molecule is CC(=O)C(N=Nc1ccccc1OC(F)(F)F)=C(C)O. The lowest BCUT2D eigenvalue weighted by Crippen LogP contribution is -2.17. The fraction of sp³-hybridized carbons (Fsp3) is 0.250. The third kappa shape index (κ3) is 4.71. The Morgan fingerprint density at radius 3 is 2.35 bits per heavy atom. The number of ketones is 1. The molecule has 1 aromatic carbocycles. The Morgan fingerprint density at radius 1 is 1.25 bits per heavy atom. The standard InChI is InChI=1S/C12H11F3N2O3/c1-7(18)11(8(2)19)17-16-9-5-3-4-6-10(9)20-12(13,14)15/h3-6,18H,1-2H3. The van der Waals surface area contributed by atoms with E-state index >= 15 is 0 Å². The normalized spacial score (nSPS) is 13.2. The summed E-state index contributed by atoms with van der Waals surface area (Å²) in [7, 11) is 0. The smallest absolute Gasteiger partial charge is 0.510 e. The quantitative estimate of drug-likeness (QED) is 0.516. The molecule has 8 heteroatoms. The van der Waals surface area contributed by atoms with Gasteiger partial charge in [0.25, 0.3) is 0 Å². The molecule has 5 nitrogen and oxygen atoms in total. The fourth-order valence-corrected chi connectivity index (χ4v) is 1.25. The Balaban J connectivity index is 3.10. The molecule has 20 heavy (non-hydrogen) atoms. The maximum atomic E-state index is 12.2. The van der Waals surface area contributed by atoms with Crippen LogP contribution >= 0.6 is 0 Å². The minimum atomic E-state index is -4.86. The third-order valence-electron chi connectivity index (χ3n) is 2.02. The molecule has 0 heterocycles. The molecule has 1 N–H and O–H groups in total. The first-order valence-electron chi connectivity index (χ1n) is 5.38. The first-order chi connectivity index (χ1) is 9.20. The van der Waals surface area contributed by atoms with Gasteiger partial charge in [-0.25, -0.2) is 0 Å². The van der Waals surface area contributed by atoms with Gasteiger partial charge in [-0.1, -0.05) is 12.1 Å². The maximum Gasteiger partial charge on any atom is 0.573 e. The minimum Gasteiger partial charge on any atom is -0.510 e. The van der Waals surface area contributed by atoms with E-state index in [-0.39, 0.29) is 17.1 Å². The number of aliphatic hydroxyl groups is 1. The van der Waals surface area contributed by atoms with Crippen molar-refractivity contribution in [2.75, 3.05) is 0 Å². The number of hydrogen-bond acceptors (Lipinski definition) is 5. The van der Waals surface area contributed by atoms with Gasteiger partial charge in [0.15, 0.2) is 17.2 Å². The monoisotopic (exact) mass is 288 g/mol. The first kappa shape index (κ1) is 15.7. The van der Waals surface area contributed by atoms with Gasteiger partial charge >= 0.3 is 6.36 Å². The summed E-state index contributed by atoms with van der Waals surface area (Å²) in [6.07, 6.45) is -4.86. The van der Waals surface area contributed by atoms with Crippen LogP contribution in [-0.4, -0.2) is 17.3 Å². The van der Waals surface area contributed by atoms with Gasteiger partial charge in [-0.3, -0.25) is 4.79 Å². The zero-order valence-electron chi connectivity index (χ0n) is 10.6. The number of para-hydroxylation sites is 1. The van der Waals surface area contributed by atoms with Crippen molar-refractivity contribution in [1.82, 2.24) is 0 Å². The Morgan fingerprint density at radius 2 is 1.85 bits per heavy atom. The highest BCUT2D eigenvalue weighted by atomic mass is 19.4. The van der Waals surface area contributed by atoms with Gasteiger partial charge in [0.2, 0.25) is 0 Å². The van der Waals surface area contributed by atoms with E-state index in [0.717, 1.165) is 13.0 Å². The maximum absolute atomic E-state index is 12.2. The lowest BCUT2D eigenvalue weighted by molar-refractivity contribution is -0.274. The van der Waals surface area contributed by atoms with Gasteiger partial charge in [-0.15, -0.1) is 23.4 Å². The lowest BCUT2D eigenvalue weighted by atomic mass is 10.3. The summed E-state index contributed by atoms with van der Waals surface area (Å²) in [5.41, 5.74) is -0.559. The molecule has 0 aliphatic heterocycles. The number of ether oxygens (including phenoxy) is 1. The molecule has 0 atom stereocenters. The van der Waals surface area contributed by atoms with Crippen molar-refractivity contribution in [2.45, 2.75) is 20.2 Å². The average Bonchev–Trinajstić information content (AvgIpc) is 2.28. The molecule has 0 saturated carbocycles. The number of benzene rings is 1. The van der Waals surface area contributed by atoms with Crippen molar-refractivity contribution in [3.8, 4) is 5.75 Å². The summed E-state index contributed by atoms with van der Waals surface area (Å²) >= 11 is 0. The number of carbonyl (C=O) groups excluding carboxylic acids is 1. The summed E-state index contributed by atoms with van der Waals surface area (Å²) in [5, 5.41) is 16.1. The van der Waals surface area contributed by atoms with E-state index in [9.17, 15) is 23.1 Å². The molecule has 0 aliphatic rings. The van der Waals surface area contributed by atoms with Crippen LogP contribution < -0.4 is 4.74 Å². The Hall–Kier alpha value is -2.38. The largest absolute Gasteiger partial charge is 0.573 e. The van der Waals surface area contributed by atoms with Crippen LogP contribution in [0.2, 0.25) is 0 Å². The number of allylic oxidation sites excluding steroid dienone is 2. The molecular formula is C12H11F3N2O3. The second kappa shape index (κ2) is 6.18. The first-order valence-corrected chi connectivity index (χ1v) is 5.38. The molecule has 0 bridgehead atoms. The Kier molecular flexibility index (Phi) is 4.84. The van der Waals surface area contributed by atoms with Crippen molar-refractivity contribution in [1.29, 1.82) is 0 Å². The van der Waals surface area contributed by atoms with Crippen LogP contribution in [0.5, 0.6) is 5.75 Å². The molecule has 0 unspecified atom stereocenters. The van der Waals surface area contributed by atoms with E-state index < -0.39 is 17.9 Å². The number of Topliss-reactive ketones (excluding diaryl/α,β-unsaturated/α-hetero) is 1. The molecular weight excluding hydrogens is 277 g/mol. The summed E-state index contributed by atoms with van der Waals surface area (Å²) in [6, 6.07) is 5.06. The van der Waals surface area contributed by atoms with Gasteiger partial charge < -0.3 is 9.84 Å². The number of rotatable bonds is 4. The van der Waals surface area contributed by atoms with Gasteiger partial charge in [0.05, 0.1) is 0 Å². The van der Waals surface area contributed by atoms with Crippen molar-refractivity contribution in [2.24, 2.45) is 10.2 Å². The molecule has 0 aliphatic carbocycles. The Bertz CT molecular complexity index is 561. The van der Waals surface area contributed by atoms with Crippen molar-refractivity contribution >= 4 is 11.5 Å². The summed E-state index contributed by atoms with van der Waals surface area (Å²) in [4.78, 5) is 11.1. The van der Waals surface area contributed by atoms with E-state index in [0.29, 0.717) is 0 Å². The van der Waals surface area contributed by atoms with E-state index in [1.54, 1.807) is 0 Å². The van der Waals surface area contributed by atoms with Crippen LogP contribution in [0.25, 0.3) is 0 Å². The second-order valence-corrected chi connectivity index (χ2v) is 3.71. The van der Waals surface area contributed by atoms with Gasteiger partial charge in [0.1, 0.15) is 11.4 Å². The summed E-state index contributed by atoms with van der Waals surface area (Å²) < 4.78 is 40.3. The topological polar surface area (TPSA) is 71.2 Å². The van der Waals surface area contributed by atoms with Gasteiger partial charge in [-0.05, 0) is 19.1 Å². The highest BCUT2D eigenvalue weighted by Crippen LogP contribution is 2.32. The van der Waals surface area contributed by atoms with Crippen LogP contribution in [0.4, 0.5) is 18.9 Å². The van der Waals surface area contributed by atoms with E-state index in [2.05, 4.69) is 15.0 Å². The lowest BCUT2D eigenvalue weighted by Gasteiger charge is -2.10. The van der Waals surface area contributed by atoms with Crippen molar-refractivity contribution < 1.29 is 27.8 Å². The number of carbonyl (C=O) groups is 1. The third-order valence-corrected chi connectivity index (χ3v) is 2.02. The molecule has 0 fully saturated rings. The second-order valence-electron chi connectivity index (χ2n) is 3.71. The summed E-state index contributed by atoms with van der Waals surface area (Å²) in [5.74, 6) is -1.50. The number of alkyl halides is 3. The van der Waals surface area contributed by atoms with Crippen LogP contribution in [-0.2, 0) is 4.79 Å². The number of aliphatic hydroxyl groups excluding tert-OH is 1. The molecule has 0 amide bonds. The van der Waals surface area contributed by atoms with Crippen LogP contribution in [0.1, 0.15) is 13.8 Å². The fourth-order valence-electron chi connectivity index (χ4n) is 1.25. The highest BCUT2D eigenvalue weighted by Gasteiger charge is 2.32. The van der Waals surface area contributed by atoms with Crippen molar-refractivity contribution in [3.63, 3.8) is 0 Å². The minimum absolute atomic E-state index is 0.218. The molecule has 1 aromatic rings. The van der Waals surface area contributed by atoms with Crippen molar-refractivity contribution in [3.05, 3.63) is 35.7 Å². The average molecular weight is 288 g/mol. The number of nitrogens with zero attached hydrogens (tertiary/aromatic N) is 2. The van der Waals surface area contributed by atoms with Gasteiger partial charge in [-0.2, -0.15) is 0 Å². The predicted molar refractivity (Wildman–Crippen MR) is 63.7 cm³/mol.